The van der Waals surface area contributed by atoms with E-state index >= 15 is 0 Å². The molecule has 1 aromatic heterocycles. The summed E-state index contributed by atoms with van der Waals surface area (Å²) in [7, 11) is -2.47. The molecule has 0 aliphatic carbocycles. The molecule has 0 amide bonds. The number of nitrogens with one attached hydrogen (secondary N) is 1. The third kappa shape index (κ3) is 3.15. The lowest BCUT2D eigenvalue weighted by molar-refractivity contribution is 0.0600. The molecule has 2 bridgehead atoms. The lowest BCUT2D eigenvalue weighted by Gasteiger charge is -2.22. The quantitative estimate of drug-likeness (QED) is 0.818. The van der Waals surface area contributed by atoms with Gasteiger partial charge in [-0.05, 0) is 19.3 Å². The fourth-order valence-corrected chi connectivity index (χ4v) is 4.36. The van der Waals surface area contributed by atoms with Crippen molar-refractivity contribution in [2.24, 2.45) is 0 Å². The number of carbonyl (C=O) groups excluding carboxylic acids is 1. The molecule has 7 nitrogen and oxygen atoms in total. The summed E-state index contributed by atoms with van der Waals surface area (Å²) in [5, 5.41) is 3.22. The van der Waals surface area contributed by atoms with Crippen molar-refractivity contribution in [3.8, 4) is 0 Å². The molecule has 2 fully saturated rings. The van der Waals surface area contributed by atoms with E-state index in [9.17, 15) is 13.2 Å². The van der Waals surface area contributed by atoms with Crippen LogP contribution in [0.25, 0.3) is 0 Å². The number of hydrogen-bond donors (Lipinski definition) is 1. The summed E-state index contributed by atoms with van der Waals surface area (Å²) in [5.74, 6) is -0.614. The standard InChI is InChI=1S/C13H18N2O5S.ClH/c1-19-13(16)9-6-12(20-8-9)21(17,18)15-5-4-10-2-3-11(7-15)14-10;/h6,8,10-11,14H,2-5,7H2,1H3;1H. The normalized spacial score (nSPS) is 25.3. The monoisotopic (exact) mass is 350 g/mol. The lowest BCUT2D eigenvalue weighted by atomic mass is 10.1. The van der Waals surface area contributed by atoms with Crippen LogP contribution in [0.1, 0.15) is 29.6 Å². The Hall–Kier alpha value is -1.09. The van der Waals surface area contributed by atoms with Gasteiger partial charge < -0.3 is 14.5 Å². The first-order chi connectivity index (χ1) is 10.0. The second-order valence-electron chi connectivity index (χ2n) is 5.44. The lowest BCUT2D eigenvalue weighted by Crippen LogP contribution is -2.38. The average Bonchev–Trinajstić information content (AvgIpc) is 3.05. The van der Waals surface area contributed by atoms with Gasteiger partial charge in [0.2, 0.25) is 5.09 Å². The van der Waals surface area contributed by atoms with Crippen molar-refractivity contribution >= 4 is 28.4 Å². The van der Waals surface area contributed by atoms with Crippen LogP contribution in [-0.2, 0) is 14.8 Å². The van der Waals surface area contributed by atoms with Crippen LogP contribution in [0.4, 0.5) is 0 Å². The summed E-state index contributed by atoms with van der Waals surface area (Å²) in [6, 6.07) is 1.82. The molecule has 2 unspecified atom stereocenters. The second kappa shape index (κ2) is 6.57. The van der Waals surface area contributed by atoms with E-state index in [0.717, 1.165) is 25.5 Å². The van der Waals surface area contributed by atoms with Gasteiger partial charge in [0.05, 0.1) is 12.7 Å². The third-order valence-electron chi connectivity index (χ3n) is 4.08. The molecule has 1 aromatic rings. The molecule has 2 aliphatic rings. The Morgan fingerprint density at radius 3 is 2.82 bits per heavy atom. The number of ether oxygens (including phenoxy) is 1. The van der Waals surface area contributed by atoms with E-state index in [-0.39, 0.29) is 29.1 Å². The fraction of sp³-hybridized carbons (Fsp3) is 0.615. The molecule has 0 radical (unpaired) electrons. The van der Waals surface area contributed by atoms with Gasteiger partial charge >= 0.3 is 5.97 Å². The van der Waals surface area contributed by atoms with Gasteiger partial charge in [-0.15, -0.1) is 12.4 Å². The maximum atomic E-state index is 12.6. The van der Waals surface area contributed by atoms with Gasteiger partial charge in [0, 0.05) is 31.2 Å². The van der Waals surface area contributed by atoms with E-state index in [1.165, 1.54) is 17.5 Å². The predicted molar refractivity (Wildman–Crippen MR) is 80.6 cm³/mol. The van der Waals surface area contributed by atoms with Crippen LogP contribution >= 0.6 is 12.4 Å². The van der Waals surface area contributed by atoms with Gasteiger partial charge in [-0.25, -0.2) is 13.2 Å². The molecule has 124 valence electrons. The minimum absolute atomic E-state index is 0. The molecular weight excluding hydrogens is 332 g/mol. The number of sulfonamides is 1. The molecular formula is C13H19ClN2O5S. The van der Waals surface area contributed by atoms with Crippen LogP contribution in [0.15, 0.2) is 21.8 Å². The van der Waals surface area contributed by atoms with Gasteiger partial charge in [-0.2, -0.15) is 4.31 Å². The zero-order valence-corrected chi connectivity index (χ0v) is 13.8. The number of nitrogens with zero attached hydrogens (tertiary/aromatic N) is 1. The fourth-order valence-electron chi connectivity index (χ4n) is 2.93. The molecule has 1 N–H and O–H groups in total. The first-order valence-corrected chi connectivity index (χ1v) is 8.38. The molecule has 22 heavy (non-hydrogen) atoms. The second-order valence-corrected chi connectivity index (χ2v) is 7.30. The van der Waals surface area contributed by atoms with Gasteiger partial charge in [0.1, 0.15) is 6.26 Å². The zero-order chi connectivity index (χ0) is 15.0. The summed E-state index contributed by atoms with van der Waals surface area (Å²) >= 11 is 0. The molecule has 2 atom stereocenters. The molecule has 9 heteroatoms. The number of methoxy groups -OCH3 is 1. The Morgan fingerprint density at radius 1 is 1.36 bits per heavy atom. The first kappa shape index (κ1) is 17.3. The van der Waals surface area contributed by atoms with E-state index < -0.39 is 16.0 Å². The van der Waals surface area contributed by atoms with Crippen molar-refractivity contribution in [3.05, 3.63) is 17.9 Å². The topological polar surface area (TPSA) is 88.8 Å². The van der Waals surface area contributed by atoms with E-state index in [4.69, 9.17) is 4.42 Å². The molecule has 3 rings (SSSR count). The van der Waals surface area contributed by atoms with Crippen LogP contribution in [0.2, 0.25) is 0 Å². The number of carbonyl (C=O) groups is 1. The first-order valence-electron chi connectivity index (χ1n) is 6.94. The summed E-state index contributed by atoms with van der Waals surface area (Å²) in [6.45, 7) is 0.901. The maximum Gasteiger partial charge on any atom is 0.341 e. The highest BCUT2D eigenvalue weighted by Gasteiger charge is 2.36. The van der Waals surface area contributed by atoms with Gasteiger partial charge in [0.15, 0.2) is 0 Å². The van der Waals surface area contributed by atoms with Crippen LogP contribution in [0.3, 0.4) is 0 Å². The van der Waals surface area contributed by atoms with Gasteiger partial charge in [0.25, 0.3) is 10.0 Å². The third-order valence-corrected chi connectivity index (χ3v) is 5.81. The van der Waals surface area contributed by atoms with Crippen LogP contribution in [0, 0.1) is 0 Å². The van der Waals surface area contributed by atoms with Crippen molar-refractivity contribution in [2.75, 3.05) is 20.2 Å². The summed E-state index contributed by atoms with van der Waals surface area (Å²) in [5.41, 5.74) is 0.102. The van der Waals surface area contributed by atoms with Gasteiger partial charge in [-0.3, -0.25) is 0 Å². The van der Waals surface area contributed by atoms with Crippen molar-refractivity contribution in [2.45, 2.75) is 36.4 Å². The van der Waals surface area contributed by atoms with Crippen molar-refractivity contribution in [1.29, 1.82) is 0 Å². The predicted octanol–water partition coefficient (Wildman–Crippen LogP) is 1.00. The highest BCUT2D eigenvalue weighted by atomic mass is 35.5. The highest BCUT2D eigenvalue weighted by molar-refractivity contribution is 7.89. The highest BCUT2D eigenvalue weighted by Crippen LogP contribution is 2.26. The molecule has 0 spiro atoms. The summed E-state index contributed by atoms with van der Waals surface area (Å²) in [4.78, 5) is 11.4. The summed E-state index contributed by atoms with van der Waals surface area (Å²) in [6.07, 6.45) is 4.00. The maximum absolute atomic E-state index is 12.6. The van der Waals surface area contributed by atoms with Gasteiger partial charge in [-0.1, -0.05) is 0 Å². The van der Waals surface area contributed by atoms with Crippen molar-refractivity contribution in [1.82, 2.24) is 9.62 Å². The Balaban J connectivity index is 0.00000176. The molecule has 0 saturated carbocycles. The van der Waals surface area contributed by atoms with E-state index in [2.05, 4.69) is 10.1 Å². The number of halogens is 1. The van der Waals surface area contributed by atoms with Crippen molar-refractivity contribution < 1.29 is 22.4 Å². The minimum Gasteiger partial charge on any atom is -0.465 e. The molecule has 2 aliphatic heterocycles. The van der Waals surface area contributed by atoms with E-state index in [1.807, 2.05) is 0 Å². The minimum atomic E-state index is -3.71. The SMILES string of the molecule is COC(=O)c1coc(S(=O)(=O)N2CCC3CCC(C2)N3)c1.Cl. The summed E-state index contributed by atoms with van der Waals surface area (Å²) < 4.78 is 36.2. The molecule has 0 aromatic carbocycles. The Kier molecular flexibility index (Phi) is 5.16. The Morgan fingerprint density at radius 2 is 2.09 bits per heavy atom. The molecule has 3 heterocycles. The average molecular weight is 351 g/mol. The number of esters is 1. The number of furan rings is 1. The Labute approximate surface area is 135 Å². The van der Waals surface area contributed by atoms with Crippen LogP contribution < -0.4 is 5.32 Å². The van der Waals surface area contributed by atoms with E-state index in [0.29, 0.717) is 19.1 Å². The molecule has 2 saturated heterocycles. The van der Waals surface area contributed by atoms with Crippen LogP contribution in [0.5, 0.6) is 0 Å². The van der Waals surface area contributed by atoms with E-state index in [1.54, 1.807) is 0 Å². The number of rotatable bonds is 3. The zero-order valence-electron chi connectivity index (χ0n) is 12.1. The van der Waals surface area contributed by atoms with Crippen molar-refractivity contribution in [3.63, 3.8) is 0 Å². The van der Waals surface area contributed by atoms with Crippen LogP contribution in [-0.4, -0.2) is 51.0 Å². The largest absolute Gasteiger partial charge is 0.465 e. The Bertz CT molecular complexity index is 645. The number of fused-ring (bicyclic) bond motifs is 2. The number of hydrogen-bond acceptors (Lipinski definition) is 6. The smallest absolute Gasteiger partial charge is 0.341 e.